The van der Waals surface area contributed by atoms with Crippen molar-refractivity contribution in [2.75, 3.05) is 13.1 Å². The van der Waals surface area contributed by atoms with Crippen LogP contribution in [0.25, 0.3) is 0 Å². The van der Waals surface area contributed by atoms with Gasteiger partial charge in [-0.05, 0) is 55.5 Å². The molecule has 5 nitrogen and oxygen atoms in total. The molecule has 1 amide bonds. The van der Waals surface area contributed by atoms with Gasteiger partial charge in [-0.15, -0.1) is 0 Å². The van der Waals surface area contributed by atoms with Crippen LogP contribution < -0.4 is 5.73 Å². The quantitative estimate of drug-likeness (QED) is 0.736. The number of amides is 1. The van der Waals surface area contributed by atoms with Crippen LogP contribution in [0.4, 0.5) is 13.2 Å². The summed E-state index contributed by atoms with van der Waals surface area (Å²) in [7, 11) is 0. The zero-order valence-corrected chi connectivity index (χ0v) is 14.1. The maximum absolute atomic E-state index is 13.1. The Hall–Kier alpha value is -1.80. The molecule has 0 radical (unpaired) electrons. The number of halogens is 3. The molecule has 1 aromatic rings. The number of phenolic OH excluding ortho intramolecular Hbond substituents is 1. The van der Waals surface area contributed by atoms with Crippen LogP contribution in [-0.4, -0.2) is 51.9 Å². The molecular weight excluding hydrogens is 349 g/mol. The largest absolute Gasteiger partial charge is 0.508 e. The summed E-state index contributed by atoms with van der Waals surface area (Å²) < 4.78 is 39.2. The van der Waals surface area contributed by atoms with E-state index < -0.39 is 41.6 Å². The zero-order valence-electron chi connectivity index (χ0n) is 14.1. The number of fused-ring (bicyclic) bond motifs is 1. The molecule has 1 heterocycles. The summed E-state index contributed by atoms with van der Waals surface area (Å²) >= 11 is 0. The van der Waals surface area contributed by atoms with Crippen molar-refractivity contribution in [1.29, 1.82) is 0 Å². The minimum absolute atomic E-state index is 0.0409. The molecule has 0 spiro atoms. The summed E-state index contributed by atoms with van der Waals surface area (Å²) in [6.07, 6.45) is -3.48. The van der Waals surface area contributed by atoms with Gasteiger partial charge < -0.3 is 15.9 Å². The molecule has 26 heavy (non-hydrogen) atoms. The Morgan fingerprint density at radius 3 is 2.73 bits per heavy atom. The van der Waals surface area contributed by atoms with Gasteiger partial charge in [0.05, 0.1) is 12.1 Å². The summed E-state index contributed by atoms with van der Waals surface area (Å²) in [6, 6.07) is 4.05. The fraction of sp³-hybridized carbons (Fsp3) is 0.611. The van der Waals surface area contributed by atoms with E-state index >= 15 is 0 Å². The van der Waals surface area contributed by atoms with Gasteiger partial charge in [-0.1, -0.05) is 6.07 Å². The van der Waals surface area contributed by atoms with Crippen molar-refractivity contribution in [2.24, 2.45) is 11.7 Å². The molecule has 3 aliphatic rings. The normalized spacial score (nSPS) is 36.5. The SMILES string of the molecule is NC(=O)C1CC23CCN(CC(F)(F)F)[C@H](Cc4ccc(O)cc42)[C@]3(O)C1. The van der Waals surface area contributed by atoms with E-state index in [0.29, 0.717) is 6.42 Å². The average molecular weight is 370 g/mol. The maximum Gasteiger partial charge on any atom is 0.401 e. The van der Waals surface area contributed by atoms with Gasteiger partial charge in [0, 0.05) is 17.4 Å². The Labute approximate surface area is 148 Å². The minimum Gasteiger partial charge on any atom is -0.508 e. The third-order valence-corrected chi connectivity index (χ3v) is 6.61. The number of carbonyl (C=O) groups excluding carboxylic acids is 1. The highest BCUT2D eigenvalue weighted by Crippen LogP contribution is 2.61. The lowest BCUT2D eigenvalue weighted by atomic mass is 9.56. The van der Waals surface area contributed by atoms with Crippen LogP contribution in [0.5, 0.6) is 5.75 Å². The standard InChI is InChI=1S/C18H21F3N2O3/c19-18(20,21)9-23-4-3-16-7-11(15(22)25)8-17(16,26)14(23)5-10-1-2-12(24)6-13(10)16/h1-2,6,11,14,24,26H,3-5,7-9H2,(H2,22,25)/t11?,14-,16?,17-/m1/s1. The summed E-state index contributed by atoms with van der Waals surface area (Å²) in [5, 5.41) is 21.5. The number of nitrogens with two attached hydrogens (primary N) is 1. The van der Waals surface area contributed by atoms with Crippen LogP contribution in [0, 0.1) is 5.92 Å². The van der Waals surface area contributed by atoms with Gasteiger partial charge in [0.25, 0.3) is 0 Å². The fourth-order valence-corrected chi connectivity index (χ4v) is 5.60. The topological polar surface area (TPSA) is 86.8 Å². The molecule has 142 valence electrons. The van der Waals surface area contributed by atoms with Crippen molar-refractivity contribution in [2.45, 2.75) is 48.9 Å². The van der Waals surface area contributed by atoms with Crippen LogP contribution in [0.3, 0.4) is 0 Å². The van der Waals surface area contributed by atoms with Crippen LogP contribution in [0.1, 0.15) is 30.4 Å². The predicted octanol–water partition coefficient (Wildman–Crippen LogP) is 1.45. The Bertz CT molecular complexity index is 769. The first-order valence-electron chi connectivity index (χ1n) is 8.71. The number of likely N-dealkylation sites (tertiary alicyclic amines) is 1. The van der Waals surface area contributed by atoms with Gasteiger partial charge in [0.15, 0.2) is 0 Å². The van der Waals surface area contributed by atoms with Crippen LogP contribution >= 0.6 is 0 Å². The van der Waals surface area contributed by atoms with Crippen molar-refractivity contribution in [3.05, 3.63) is 29.3 Å². The molecule has 4 rings (SSSR count). The summed E-state index contributed by atoms with van der Waals surface area (Å²) in [6.45, 7) is -0.919. The summed E-state index contributed by atoms with van der Waals surface area (Å²) in [4.78, 5) is 13.1. The number of rotatable bonds is 2. The Balaban J connectivity index is 1.85. The molecule has 1 saturated carbocycles. The van der Waals surface area contributed by atoms with Crippen LogP contribution in [-0.2, 0) is 16.6 Å². The highest BCUT2D eigenvalue weighted by molar-refractivity contribution is 5.78. The fourth-order valence-electron chi connectivity index (χ4n) is 5.60. The lowest BCUT2D eigenvalue weighted by molar-refractivity contribution is -0.188. The lowest BCUT2D eigenvalue weighted by Crippen LogP contribution is -2.70. The average Bonchev–Trinajstić information content (AvgIpc) is 2.85. The Morgan fingerprint density at radius 2 is 2.08 bits per heavy atom. The van der Waals surface area contributed by atoms with Gasteiger partial charge in [0.1, 0.15) is 5.75 Å². The number of carbonyl (C=O) groups is 1. The molecule has 2 aliphatic carbocycles. The molecule has 2 bridgehead atoms. The highest BCUT2D eigenvalue weighted by atomic mass is 19.4. The van der Waals surface area contributed by atoms with E-state index in [1.807, 2.05) is 0 Å². The molecule has 4 atom stereocenters. The van der Waals surface area contributed by atoms with Crippen molar-refractivity contribution >= 4 is 5.91 Å². The van der Waals surface area contributed by atoms with Gasteiger partial charge >= 0.3 is 6.18 Å². The molecule has 1 aromatic carbocycles. The highest BCUT2D eigenvalue weighted by Gasteiger charge is 2.68. The maximum atomic E-state index is 13.1. The number of aliphatic hydroxyl groups is 1. The molecule has 1 aliphatic heterocycles. The van der Waals surface area contributed by atoms with E-state index in [1.54, 1.807) is 12.1 Å². The van der Waals surface area contributed by atoms with Crippen molar-refractivity contribution in [1.82, 2.24) is 4.90 Å². The van der Waals surface area contributed by atoms with E-state index in [-0.39, 0.29) is 31.6 Å². The molecule has 1 saturated heterocycles. The van der Waals surface area contributed by atoms with Crippen molar-refractivity contribution in [3.63, 3.8) is 0 Å². The van der Waals surface area contributed by atoms with Gasteiger partial charge in [-0.2, -0.15) is 13.2 Å². The van der Waals surface area contributed by atoms with E-state index in [0.717, 1.165) is 11.1 Å². The molecule has 2 fully saturated rings. The minimum atomic E-state index is -4.37. The first-order valence-corrected chi connectivity index (χ1v) is 8.71. The van der Waals surface area contributed by atoms with Gasteiger partial charge in [-0.25, -0.2) is 0 Å². The van der Waals surface area contributed by atoms with Crippen LogP contribution in [0.15, 0.2) is 18.2 Å². The molecule has 4 N–H and O–H groups in total. The lowest BCUT2D eigenvalue weighted by Gasteiger charge is -2.59. The van der Waals surface area contributed by atoms with Crippen molar-refractivity contribution in [3.8, 4) is 5.75 Å². The number of hydrogen-bond donors (Lipinski definition) is 3. The third-order valence-electron chi connectivity index (χ3n) is 6.61. The number of primary amides is 1. The number of benzene rings is 1. The summed E-state index contributed by atoms with van der Waals surface area (Å²) in [5.41, 5.74) is 4.71. The number of hydrogen-bond acceptors (Lipinski definition) is 4. The van der Waals surface area contributed by atoms with E-state index in [2.05, 4.69) is 0 Å². The predicted molar refractivity (Wildman–Crippen MR) is 86.4 cm³/mol. The smallest absolute Gasteiger partial charge is 0.401 e. The first kappa shape index (κ1) is 17.6. The number of nitrogens with zero attached hydrogens (tertiary/aromatic N) is 1. The monoisotopic (exact) mass is 370 g/mol. The second-order valence-electron chi connectivity index (χ2n) is 7.91. The Kier molecular flexibility index (Phi) is 3.63. The molecule has 2 unspecified atom stereocenters. The first-order chi connectivity index (χ1) is 12.1. The van der Waals surface area contributed by atoms with E-state index in [4.69, 9.17) is 5.73 Å². The van der Waals surface area contributed by atoms with Gasteiger partial charge in [0.2, 0.25) is 5.91 Å². The number of piperidine rings is 1. The molecular formula is C18H21F3N2O3. The number of phenols is 1. The second kappa shape index (κ2) is 5.36. The van der Waals surface area contributed by atoms with Crippen LogP contribution in [0.2, 0.25) is 0 Å². The van der Waals surface area contributed by atoms with E-state index in [9.17, 15) is 28.2 Å². The number of aromatic hydroxyl groups is 1. The summed E-state index contributed by atoms with van der Waals surface area (Å²) in [5.74, 6) is -1.10. The number of alkyl halides is 3. The third kappa shape index (κ3) is 2.35. The molecule has 8 heteroatoms. The van der Waals surface area contributed by atoms with Gasteiger partial charge in [-0.3, -0.25) is 9.69 Å². The zero-order chi connectivity index (χ0) is 18.9. The van der Waals surface area contributed by atoms with E-state index in [1.165, 1.54) is 11.0 Å². The second-order valence-corrected chi connectivity index (χ2v) is 7.91. The van der Waals surface area contributed by atoms with Crippen molar-refractivity contribution < 1.29 is 28.2 Å². The molecule has 0 aromatic heterocycles. The Morgan fingerprint density at radius 1 is 1.35 bits per heavy atom.